The summed E-state index contributed by atoms with van der Waals surface area (Å²) in [4.78, 5) is 18.6. The highest BCUT2D eigenvalue weighted by Gasteiger charge is 2.27. The molecular formula is C18H22FN3O2. The number of aryl methyl sites for hydroxylation is 2. The van der Waals surface area contributed by atoms with Gasteiger partial charge in [-0.25, -0.2) is 9.37 Å². The van der Waals surface area contributed by atoms with E-state index >= 15 is 0 Å². The normalized spacial score (nSPS) is 21.1. The van der Waals surface area contributed by atoms with E-state index in [1.807, 2.05) is 18.7 Å². The number of hydrogen-bond donors (Lipinski definition) is 0. The molecule has 3 rings (SSSR count). The Morgan fingerprint density at radius 3 is 2.42 bits per heavy atom. The first-order valence-electron chi connectivity index (χ1n) is 8.12. The van der Waals surface area contributed by atoms with Gasteiger partial charge in [0.05, 0.1) is 36.7 Å². The van der Waals surface area contributed by atoms with Crippen molar-refractivity contribution >= 4 is 5.69 Å². The maximum Gasteiger partial charge on any atom is 0.258 e. The van der Waals surface area contributed by atoms with E-state index in [0.717, 1.165) is 0 Å². The lowest BCUT2D eigenvalue weighted by atomic mass is 10.1. The van der Waals surface area contributed by atoms with Crippen LogP contribution in [0.2, 0.25) is 0 Å². The van der Waals surface area contributed by atoms with Gasteiger partial charge in [0.25, 0.3) is 5.56 Å². The third-order valence-corrected chi connectivity index (χ3v) is 4.35. The number of morpholine rings is 1. The molecule has 24 heavy (non-hydrogen) atoms. The van der Waals surface area contributed by atoms with Gasteiger partial charge in [0, 0.05) is 17.8 Å². The van der Waals surface area contributed by atoms with Crippen LogP contribution in [0.25, 0.3) is 5.69 Å². The predicted molar refractivity (Wildman–Crippen MR) is 91.5 cm³/mol. The quantitative estimate of drug-likeness (QED) is 0.849. The third kappa shape index (κ3) is 2.94. The second-order valence-corrected chi connectivity index (χ2v) is 6.40. The van der Waals surface area contributed by atoms with Gasteiger partial charge in [-0.3, -0.25) is 9.36 Å². The highest BCUT2D eigenvalue weighted by Crippen LogP contribution is 2.28. The van der Waals surface area contributed by atoms with Gasteiger partial charge in [-0.15, -0.1) is 0 Å². The van der Waals surface area contributed by atoms with Gasteiger partial charge in [0.1, 0.15) is 11.6 Å². The van der Waals surface area contributed by atoms with E-state index in [2.05, 4.69) is 4.98 Å². The molecule has 0 N–H and O–H groups in total. The number of rotatable bonds is 2. The highest BCUT2D eigenvalue weighted by atomic mass is 19.1. The minimum absolute atomic E-state index is 0.0969. The SMILES string of the molecule is Cc1cc(=O)n(-c2ccc(N3C(C)COCC3C)c(F)c2)c(C)n1. The second kappa shape index (κ2) is 6.36. The largest absolute Gasteiger partial charge is 0.377 e. The molecule has 2 heterocycles. The monoisotopic (exact) mass is 331 g/mol. The van der Waals surface area contributed by atoms with E-state index in [-0.39, 0.29) is 23.5 Å². The number of nitrogens with zero attached hydrogens (tertiary/aromatic N) is 3. The summed E-state index contributed by atoms with van der Waals surface area (Å²) in [6, 6.07) is 6.54. The Kier molecular flexibility index (Phi) is 4.41. The van der Waals surface area contributed by atoms with Crippen molar-refractivity contribution in [1.82, 2.24) is 9.55 Å². The lowest BCUT2D eigenvalue weighted by Gasteiger charge is -2.40. The average molecular weight is 331 g/mol. The Balaban J connectivity index is 2.04. The molecule has 1 saturated heterocycles. The van der Waals surface area contributed by atoms with E-state index in [4.69, 9.17) is 4.74 Å². The Bertz CT molecular complexity index is 808. The average Bonchev–Trinajstić information content (AvgIpc) is 2.48. The molecule has 2 aromatic rings. The van der Waals surface area contributed by atoms with E-state index < -0.39 is 0 Å². The summed E-state index contributed by atoms with van der Waals surface area (Å²) < 4.78 is 21.7. The van der Waals surface area contributed by atoms with Gasteiger partial charge >= 0.3 is 0 Å². The number of benzene rings is 1. The van der Waals surface area contributed by atoms with Crippen LogP contribution in [0.4, 0.5) is 10.1 Å². The van der Waals surface area contributed by atoms with Crippen molar-refractivity contribution in [1.29, 1.82) is 0 Å². The molecule has 128 valence electrons. The zero-order valence-electron chi connectivity index (χ0n) is 14.4. The summed E-state index contributed by atoms with van der Waals surface area (Å²) >= 11 is 0. The third-order valence-electron chi connectivity index (χ3n) is 4.35. The van der Waals surface area contributed by atoms with Crippen molar-refractivity contribution in [3.05, 3.63) is 52.0 Å². The van der Waals surface area contributed by atoms with Crippen LogP contribution < -0.4 is 10.5 Å². The molecule has 0 spiro atoms. The summed E-state index contributed by atoms with van der Waals surface area (Å²) in [5, 5.41) is 0. The van der Waals surface area contributed by atoms with Crippen molar-refractivity contribution in [2.75, 3.05) is 18.1 Å². The summed E-state index contributed by atoms with van der Waals surface area (Å²) in [6.07, 6.45) is 0. The smallest absolute Gasteiger partial charge is 0.258 e. The molecule has 6 heteroatoms. The van der Waals surface area contributed by atoms with Gasteiger partial charge in [0.15, 0.2) is 0 Å². The highest BCUT2D eigenvalue weighted by molar-refractivity contribution is 5.54. The first-order chi connectivity index (χ1) is 11.4. The van der Waals surface area contributed by atoms with Crippen LogP contribution in [0.3, 0.4) is 0 Å². The summed E-state index contributed by atoms with van der Waals surface area (Å²) in [5.41, 5.74) is 1.47. The standard InChI is InChI=1S/C18H22FN3O2/c1-11-7-18(23)22(14(4)20-11)15-5-6-17(16(19)8-15)21-12(2)9-24-10-13(21)3/h5-8,12-13H,9-10H2,1-4H3. The van der Waals surface area contributed by atoms with Crippen molar-refractivity contribution in [3.8, 4) is 5.69 Å². The Labute approximate surface area is 140 Å². The molecule has 0 amide bonds. The van der Waals surface area contributed by atoms with Gasteiger partial charge in [0.2, 0.25) is 0 Å². The van der Waals surface area contributed by atoms with Crippen LogP contribution in [0.5, 0.6) is 0 Å². The Hall–Kier alpha value is -2.21. The fourth-order valence-corrected chi connectivity index (χ4v) is 3.38. The van der Waals surface area contributed by atoms with Gasteiger partial charge in [-0.1, -0.05) is 0 Å². The second-order valence-electron chi connectivity index (χ2n) is 6.40. The van der Waals surface area contributed by atoms with Crippen molar-refractivity contribution in [2.45, 2.75) is 39.8 Å². The van der Waals surface area contributed by atoms with E-state index in [1.165, 1.54) is 16.7 Å². The van der Waals surface area contributed by atoms with Crippen LogP contribution in [-0.4, -0.2) is 34.8 Å². The summed E-state index contributed by atoms with van der Waals surface area (Å²) in [5.74, 6) is 0.195. The van der Waals surface area contributed by atoms with Crippen LogP contribution in [0.1, 0.15) is 25.4 Å². The molecule has 1 aromatic heterocycles. The lowest BCUT2D eigenvalue weighted by molar-refractivity contribution is 0.0753. The number of ether oxygens (including phenoxy) is 1. The Morgan fingerprint density at radius 2 is 1.83 bits per heavy atom. The molecule has 1 aliphatic rings. The van der Waals surface area contributed by atoms with Crippen LogP contribution in [-0.2, 0) is 4.74 Å². The molecule has 2 atom stereocenters. The maximum atomic E-state index is 14.8. The summed E-state index contributed by atoms with van der Waals surface area (Å²) in [7, 11) is 0. The zero-order valence-corrected chi connectivity index (χ0v) is 14.4. The summed E-state index contributed by atoms with van der Waals surface area (Å²) in [6.45, 7) is 8.69. The molecule has 1 aliphatic heterocycles. The fraction of sp³-hybridized carbons (Fsp3) is 0.444. The number of anilines is 1. The van der Waals surface area contributed by atoms with Crippen LogP contribution in [0.15, 0.2) is 29.1 Å². The van der Waals surface area contributed by atoms with Gasteiger partial charge in [-0.05, 0) is 39.8 Å². The predicted octanol–water partition coefficient (Wildman–Crippen LogP) is 2.60. The molecule has 0 bridgehead atoms. The molecule has 1 fully saturated rings. The van der Waals surface area contributed by atoms with Crippen molar-refractivity contribution in [2.24, 2.45) is 0 Å². The Morgan fingerprint density at radius 1 is 1.17 bits per heavy atom. The zero-order chi connectivity index (χ0) is 17.4. The van der Waals surface area contributed by atoms with Gasteiger partial charge < -0.3 is 9.64 Å². The van der Waals surface area contributed by atoms with Crippen LogP contribution in [0, 0.1) is 19.7 Å². The maximum absolute atomic E-state index is 14.8. The lowest BCUT2D eigenvalue weighted by Crippen LogP contribution is -2.50. The van der Waals surface area contributed by atoms with E-state index in [1.54, 1.807) is 26.0 Å². The molecule has 0 aliphatic carbocycles. The number of hydrogen-bond acceptors (Lipinski definition) is 4. The molecule has 2 unspecified atom stereocenters. The first kappa shape index (κ1) is 16.6. The van der Waals surface area contributed by atoms with E-state index in [9.17, 15) is 9.18 Å². The minimum Gasteiger partial charge on any atom is -0.377 e. The molecule has 5 nitrogen and oxygen atoms in total. The first-order valence-corrected chi connectivity index (χ1v) is 8.12. The van der Waals surface area contributed by atoms with Crippen molar-refractivity contribution in [3.63, 3.8) is 0 Å². The molecule has 0 saturated carbocycles. The molecule has 1 aromatic carbocycles. The molecular weight excluding hydrogens is 309 g/mol. The van der Waals surface area contributed by atoms with E-state index in [0.29, 0.717) is 36.1 Å². The van der Waals surface area contributed by atoms with Gasteiger partial charge in [-0.2, -0.15) is 0 Å². The van der Waals surface area contributed by atoms with Crippen LogP contribution >= 0.6 is 0 Å². The van der Waals surface area contributed by atoms with Crippen molar-refractivity contribution < 1.29 is 9.13 Å². The fourth-order valence-electron chi connectivity index (χ4n) is 3.38. The topological polar surface area (TPSA) is 47.4 Å². The number of aromatic nitrogens is 2. The molecule has 0 radical (unpaired) electrons. The number of halogens is 1. The minimum atomic E-state index is -0.347.